The number of nitrogens with zero attached hydrogens (tertiary/aromatic N) is 10. The van der Waals surface area contributed by atoms with Gasteiger partial charge in [0.25, 0.3) is 17.1 Å². The molecule has 42 heteroatoms. The Bertz CT molecular complexity index is 3560. The van der Waals surface area contributed by atoms with Gasteiger partial charge in [0.2, 0.25) is 17.7 Å². The van der Waals surface area contributed by atoms with Crippen LogP contribution in [0.1, 0.15) is 18.7 Å². The van der Waals surface area contributed by atoms with E-state index in [-0.39, 0.29) is 64.4 Å². The van der Waals surface area contributed by atoms with Gasteiger partial charge >= 0.3 is 29.1 Å². The number of allylic oxidation sites excluding steroid dienone is 1. The number of anilines is 3. The fraction of sp³-hybridized carbons (Fsp3) is 0.528. The highest BCUT2D eigenvalue weighted by molar-refractivity contribution is 7.66. The molecule has 3 aliphatic rings. The van der Waals surface area contributed by atoms with Gasteiger partial charge in [-0.15, -0.1) is 0 Å². The number of ether oxygens (including phenoxy) is 5. The molecule has 4 unspecified atom stereocenters. The van der Waals surface area contributed by atoms with Crippen molar-refractivity contribution < 1.29 is 104 Å². The minimum absolute atomic E-state index is 0.0140. The maximum Gasteiger partial charge on any atom is 0.490 e. The Morgan fingerprint density at radius 3 is 2.04 bits per heavy atom. The zero-order valence-electron chi connectivity index (χ0n) is 40.2. The molecular weight excluding hydrogens is 1130 g/mol. The Labute approximate surface area is 434 Å². The van der Waals surface area contributed by atoms with Crippen molar-refractivity contribution in [2.24, 2.45) is 5.92 Å². The second kappa shape index (κ2) is 21.9. The third-order valence-corrected chi connectivity index (χ3v) is 18.6. The number of nitrogen functional groups attached to an aromatic ring is 3. The van der Waals surface area contributed by atoms with Crippen molar-refractivity contribution in [3.05, 3.63) is 58.7 Å². The molecule has 14 N–H and O–H groups in total. The number of aromatic amines is 2. The number of nitrogens with one attached hydrogen (secondary N) is 2. The van der Waals surface area contributed by atoms with Crippen LogP contribution in [0.15, 0.2) is 47.6 Å². The van der Waals surface area contributed by atoms with Gasteiger partial charge in [-0.25, -0.2) is 38.2 Å². The summed E-state index contributed by atoms with van der Waals surface area (Å²) in [6.45, 7) is 0.142. The number of nitrogens with two attached hydrogens (primary N) is 3. The lowest BCUT2D eigenvalue weighted by molar-refractivity contribution is -0.746. The predicted molar refractivity (Wildman–Crippen MR) is 254 cm³/mol. The number of methoxy groups -OCH3 is 2. The van der Waals surface area contributed by atoms with E-state index >= 15 is 0 Å². The van der Waals surface area contributed by atoms with E-state index in [0.29, 0.717) is 0 Å². The first-order chi connectivity index (χ1) is 36.8. The van der Waals surface area contributed by atoms with Crippen molar-refractivity contribution >= 4 is 82.3 Å². The number of imidazole rings is 3. The molecule has 6 aromatic heterocycles. The number of phosphoric acid groups is 3. The van der Waals surface area contributed by atoms with Gasteiger partial charge in [0, 0.05) is 20.1 Å². The van der Waals surface area contributed by atoms with Crippen LogP contribution in [0.4, 0.5) is 17.7 Å². The fourth-order valence-corrected chi connectivity index (χ4v) is 14.4. The topological polar surface area (TPSA) is 545 Å². The fourth-order valence-electron chi connectivity index (χ4n) is 9.14. The Morgan fingerprint density at radius 1 is 0.756 bits per heavy atom. The molecule has 78 heavy (non-hydrogen) atoms. The molecule has 0 amide bonds. The Morgan fingerprint density at radius 2 is 1.37 bits per heavy atom. The molecule has 0 saturated carbocycles. The van der Waals surface area contributed by atoms with E-state index in [1.807, 2.05) is 0 Å². The van der Waals surface area contributed by atoms with E-state index in [1.54, 1.807) is 0 Å². The molecule has 16 atom stereocenters. The van der Waals surface area contributed by atoms with Gasteiger partial charge in [-0.2, -0.15) is 13.6 Å². The lowest BCUT2D eigenvalue weighted by Crippen LogP contribution is -2.45. The zero-order valence-corrected chi connectivity index (χ0v) is 43.8. The predicted octanol–water partition coefficient (Wildman–Crippen LogP) is -3.72. The van der Waals surface area contributed by atoms with Crippen molar-refractivity contribution in [2.45, 2.75) is 73.6 Å². The minimum Gasteiger partial charge on any atom is -0.778 e. The highest BCUT2D eigenvalue weighted by Gasteiger charge is 2.55. The van der Waals surface area contributed by atoms with Gasteiger partial charge in [0.05, 0.1) is 63.5 Å². The SMILES string of the molecule is C=CCn1c[n+]([C@@H]2O[C@H](COP(=O)(O)OP(=O)(O)OP(=O)(O)OC[C@H]3O[C@@H](n4cnc5c(N)ncnc54)[C@H](OC)[C@@H]3P(=O)([O-])OC[C@H]3O[C@@H](n4cnc5c(=O)[nH]c(N)nc54)[C@H](O)[C@@H]3O)[C@@H](COC)[C@H]2O)c2nc(N)[nH]c(=O)c21. The van der Waals surface area contributed by atoms with Gasteiger partial charge in [-0.3, -0.25) is 42.3 Å². The molecule has 9 heterocycles. The van der Waals surface area contributed by atoms with Crippen molar-refractivity contribution in [3.63, 3.8) is 0 Å². The highest BCUT2D eigenvalue weighted by Crippen LogP contribution is 2.68. The molecule has 0 bridgehead atoms. The average molecular weight is 1180 g/mol. The summed E-state index contributed by atoms with van der Waals surface area (Å²) >= 11 is 0. The first-order valence-electron chi connectivity index (χ1n) is 22.5. The van der Waals surface area contributed by atoms with Crippen LogP contribution in [0.5, 0.6) is 0 Å². The summed E-state index contributed by atoms with van der Waals surface area (Å²) in [6.07, 6.45) is -10.2. The standard InChI is InChI=1S/C36H49N15O23P4/c1-4-5-48-13-51(29-20(48)31(56)47-36(39)45-29)32-21(52)14(6-65-2)15(70-32)7-68-76(59,60)73-78(63,64)74-77(61,62)69-9-17-25(24(66-3)34(72-17)49-11-42-18-26(37)40-10-41-27(18)49)75(57,58)67-8-16-22(53)23(54)33(71-16)50-12-43-19-28(50)44-35(38)46-30(19)55/h4,10-17,21-25,32-34,52-54H,1,5-9H2,2-3H3,(H11-,37,38,39,40,41,44,45,46,47,55,56,57,58,59,60,61,62,63,64)/t14-,15-,16-,17-,21-,22-,23-,24-,25-,32-,33-,34-/m1/s1. The molecule has 3 fully saturated rings. The Kier molecular flexibility index (Phi) is 16.1. The number of aliphatic hydroxyl groups is 3. The number of phosphoric ester groups is 2. The van der Waals surface area contributed by atoms with Crippen LogP contribution < -0.4 is 37.8 Å². The first kappa shape index (κ1) is 57.3. The number of H-pyrrole nitrogens is 2. The van der Waals surface area contributed by atoms with Gasteiger partial charge in [0.1, 0.15) is 50.0 Å². The van der Waals surface area contributed by atoms with Gasteiger partial charge < -0.3 is 84.9 Å². The zero-order chi connectivity index (χ0) is 56.4. The van der Waals surface area contributed by atoms with Crippen molar-refractivity contribution in [2.75, 3.05) is 57.8 Å². The average Bonchev–Trinajstić information content (AvgIpc) is 4.31. The van der Waals surface area contributed by atoms with E-state index in [9.17, 15) is 62.7 Å². The number of aromatic nitrogens is 12. The lowest BCUT2D eigenvalue weighted by Gasteiger charge is -2.35. The third-order valence-electron chi connectivity index (χ3n) is 12.5. The normalized spacial score (nSPS) is 29.7. The van der Waals surface area contributed by atoms with Crippen LogP contribution in [0, 0.1) is 5.92 Å². The van der Waals surface area contributed by atoms with Crippen molar-refractivity contribution in [1.29, 1.82) is 0 Å². The number of rotatable bonds is 22. The van der Waals surface area contributed by atoms with Crippen molar-refractivity contribution in [3.8, 4) is 0 Å². The lowest BCUT2D eigenvalue weighted by atomic mass is 9.99. The summed E-state index contributed by atoms with van der Waals surface area (Å²) in [6, 6.07) is 0. The van der Waals surface area contributed by atoms with Crippen LogP contribution >= 0.6 is 31.1 Å². The molecule has 3 saturated heterocycles. The maximum absolute atomic E-state index is 14.3. The second-order valence-electron chi connectivity index (χ2n) is 17.4. The van der Waals surface area contributed by atoms with Crippen LogP contribution in [-0.2, 0) is 70.7 Å². The molecule has 3 aliphatic heterocycles. The minimum atomic E-state index is -6.22. The van der Waals surface area contributed by atoms with E-state index in [2.05, 4.69) is 55.1 Å². The summed E-state index contributed by atoms with van der Waals surface area (Å²) in [5.41, 5.74) is 13.5. The molecule has 0 radical (unpaired) electrons. The smallest absolute Gasteiger partial charge is 0.490 e. The monoisotopic (exact) mass is 1180 g/mol. The molecule has 0 aliphatic carbocycles. The molecular formula is C36H49N15O23P4. The summed E-state index contributed by atoms with van der Waals surface area (Å²) in [5, 5.41) is 33.3. The van der Waals surface area contributed by atoms with Crippen LogP contribution in [0.3, 0.4) is 0 Å². The maximum atomic E-state index is 14.3. The molecule has 426 valence electrons. The molecule has 9 rings (SSSR count). The van der Waals surface area contributed by atoms with Crippen LogP contribution in [0.25, 0.3) is 33.5 Å². The second-order valence-corrected chi connectivity index (χ2v) is 24.0. The van der Waals surface area contributed by atoms with Crippen LogP contribution in [0.2, 0.25) is 0 Å². The molecule has 6 aromatic rings. The number of fused-ring (bicyclic) bond motifs is 3. The summed E-state index contributed by atoms with van der Waals surface area (Å²) in [7, 11) is -21.3. The highest BCUT2D eigenvalue weighted by atomic mass is 31.3. The van der Waals surface area contributed by atoms with Crippen molar-refractivity contribution in [1.82, 2.24) is 53.6 Å². The Balaban J connectivity index is 0.889. The van der Waals surface area contributed by atoms with Crippen LogP contribution in [-0.4, -0.2) is 173 Å². The summed E-state index contributed by atoms with van der Waals surface area (Å²) in [5.74, 6) is -1.77. The summed E-state index contributed by atoms with van der Waals surface area (Å²) in [4.78, 5) is 100. The summed E-state index contributed by atoms with van der Waals surface area (Å²) < 4.78 is 111. The van der Waals surface area contributed by atoms with Gasteiger partial charge in [-0.1, -0.05) is 17.6 Å². The number of aliphatic hydroxyl groups excluding tert-OH is 3. The van der Waals surface area contributed by atoms with Gasteiger partial charge in [-0.05, 0) is 0 Å². The number of hydrogen-bond donors (Lipinski definition) is 11. The first-order valence-corrected chi connectivity index (χ1v) is 28.6. The van der Waals surface area contributed by atoms with E-state index in [0.717, 1.165) is 35.2 Å². The molecule has 0 spiro atoms. The Hall–Kier alpha value is -5.37. The van der Waals surface area contributed by atoms with E-state index < -0.39 is 135 Å². The third kappa shape index (κ3) is 11.2. The number of hydrogen-bond acceptors (Lipinski definition) is 29. The van der Waals surface area contributed by atoms with E-state index in [1.165, 1.54) is 28.6 Å². The van der Waals surface area contributed by atoms with Gasteiger partial charge in [0.15, 0.2) is 41.4 Å². The molecule has 38 nitrogen and oxygen atoms in total. The molecule has 0 aromatic carbocycles. The quantitative estimate of drug-likeness (QED) is 0.0177. The van der Waals surface area contributed by atoms with E-state index in [4.69, 9.17) is 54.5 Å². The largest absolute Gasteiger partial charge is 0.778 e.